The molecule has 0 bridgehead atoms. The van der Waals surface area contributed by atoms with E-state index < -0.39 is 29.1 Å². The molecular formula is C12H8BrF3N2O. The highest BCUT2D eigenvalue weighted by Crippen LogP contribution is 2.30. The van der Waals surface area contributed by atoms with Crippen molar-refractivity contribution in [1.82, 2.24) is 9.97 Å². The van der Waals surface area contributed by atoms with Crippen LogP contribution >= 0.6 is 15.9 Å². The van der Waals surface area contributed by atoms with Crippen LogP contribution in [0.3, 0.4) is 0 Å². The average Bonchev–Trinajstić information content (AvgIpc) is 2.37. The summed E-state index contributed by atoms with van der Waals surface area (Å²) in [5.74, 6) is -3.99. The molecule has 2 rings (SSSR count). The molecule has 3 nitrogen and oxygen atoms in total. The molecular weight excluding hydrogens is 325 g/mol. The molecule has 0 aliphatic heterocycles. The Balaban J connectivity index is 2.42. The molecule has 0 aliphatic rings. The fourth-order valence-corrected chi connectivity index (χ4v) is 1.83. The van der Waals surface area contributed by atoms with E-state index in [1.807, 2.05) is 0 Å². The second-order valence-corrected chi connectivity index (χ2v) is 4.51. The van der Waals surface area contributed by atoms with Gasteiger partial charge in [-0.05, 0) is 18.6 Å². The van der Waals surface area contributed by atoms with Gasteiger partial charge >= 0.3 is 0 Å². The van der Waals surface area contributed by atoms with Crippen LogP contribution in [-0.4, -0.2) is 9.97 Å². The van der Waals surface area contributed by atoms with E-state index in [4.69, 9.17) is 4.74 Å². The Morgan fingerprint density at radius 1 is 1.16 bits per heavy atom. The third kappa shape index (κ3) is 2.86. The summed E-state index contributed by atoms with van der Waals surface area (Å²) in [4.78, 5) is 7.28. The minimum atomic E-state index is -1.21. The van der Waals surface area contributed by atoms with Gasteiger partial charge in [-0.3, -0.25) is 0 Å². The molecule has 0 atom stereocenters. The first-order valence-corrected chi connectivity index (χ1v) is 6.14. The zero-order valence-corrected chi connectivity index (χ0v) is 11.3. The smallest absolute Gasteiger partial charge is 0.259 e. The standard InChI is InChI=1S/C12H8BrF3N2O/c1-2-8-11(16)12(18-5-17-8)19-9-4-6(13)3-7(14)10(9)15/h3-5H,2H2,1H3. The maximum absolute atomic E-state index is 13.8. The first kappa shape index (κ1) is 13.8. The molecule has 1 aromatic carbocycles. The van der Waals surface area contributed by atoms with Crippen molar-refractivity contribution in [2.24, 2.45) is 0 Å². The molecule has 0 saturated heterocycles. The molecule has 0 N–H and O–H groups in total. The van der Waals surface area contributed by atoms with Gasteiger partial charge in [-0.2, -0.15) is 13.8 Å². The highest BCUT2D eigenvalue weighted by atomic mass is 79.9. The molecule has 0 saturated carbocycles. The lowest BCUT2D eigenvalue weighted by Crippen LogP contribution is -2.01. The summed E-state index contributed by atoms with van der Waals surface area (Å²) in [5.41, 5.74) is 0.140. The maximum atomic E-state index is 13.8. The zero-order chi connectivity index (χ0) is 14.0. The summed E-state index contributed by atoms with van der Waals surface area (Å²) < 4.78 is 45.7. The second-order valence-electron chi connectivity index (χ2n) is 3.59. The van der Waals surface area contributed by atoms with E-state index in [-0.39, 0.29) is 10.2 Å². The Bertz CT molecular complexity index is 622. The van der Waals surface area contributed by atoms with E-state index in [0.717, 1.165) is 12.4 Å². The Morgan fingerprint density at radius 3 is 2.58 bits per heavy atom. The third-order valence-corrected chi connectivity index (χ3v) is 2.79. The quantitative estimate of drug-likeness (QED) is 0.796. The van der Waals surface area contributed by atoms with Gasteiger partial charge in [0.05, 0.1) is 5.69 Å². The monoisotopic (exact) mass is 332 g/mol. The summed E-state index contributed by atoms with van der Waals surface area (Å²) in [7, 11) is 0. The van der Waals surface area contributed by atoms with Gasteiger partial charge in [-0.25, -0.2) is 9.37 Å². The molecule has 1 heterocycles. The molecule has 0 fully saturated rings. The molecule has 2 aromatic rings. The van der Waals surface area contributed by atoms with Crippen molar-refractivity contribution >= 4 is 15.9 Å². The number of hydrogen-bond acceptors (Lipinski definition) is 3. The minimum Gasteiger partial charge on any atom is -0.433 e. The molecule has 7 heteroatoms. The van der Waals surface area contributed by atoms with Crippen LogP contribution in [-0.2, 0) is 6.42 Å². The van der Waals surface area contributed by atoms with Gasteiger partial charge < -0.3 is 4.74 Å². The van der Waals surface area contributed by atoms with Crippen molar-refractivity contribution in [3.05, 3.63) is 46.1 Å². The van der Waals surface area contributed by atoms with Crippen LogP contribution in [0.15, 0.2) is 22.9 Å². The van der Waals surface area contributed by atoms with E-state index in [2.05, 4.69) is 25.9 Å². The van der Waals surface area contributed by atoms with E-state index in [0.29, 0.717) is 6.42 Å². The van der Waals surface area contributed by atoms with E-state index >= 15 is 0 Å². The van der Waals surface area contributed by atoms with Gasteiger partial charge in [0.1, 0.15) is 6.33 Å². The summed E-state index contributed by atoms with van der Waals surface area (Å²) in [6.07, 6.45) is 1.43. The molecule has 0 unspecified atom stereocenters. The first-order chi connectivity index (χ1) is 9.02. The maximum Gasteiger partial charge on any atom is 0.259 e. The number of halogens is 4. The predicted octanol–water partition coefficient (Wildman–Crippen LogP) is 4.01. The highest BCUT2D eigenvalue weighted by molar-refractivity contribution is 9.10. The lowest BCUT2D eigenvalue weighted by molar-refractivity contribution is 0.379. The van der Waals surface area contributed by atoms with Crippen LogP contribution < -0.4 is 4.74 Å². The zero-order valence-electron chi connectivity index (χ0n) is 9.75. The lowest BCUT2D eigenvalue weighted by Gasteiger charge is -2.08. The molecule has 1 aromatic heterocycles. The number of ether oxygens (including phenoxy) is 1. The third-order valence-electron chi connectivity index (χ3n) is 2.33. The van der Waals surface area contributed by atoms with Crippen LogP contribution in [0.4, 0.5) is 13.2 Å². The van der Waals surface area contributed by atoms with Crippen LogP contribution in [0.5, 0.6) is 11.6 Å². The van der Waals surface area contributed by atoms with Crippen LogP contribution in [0, 0.1) is 17.5 Å². The number of aryl methyl sites for hydroxylation is 1. The summed E-state index contributed by atoms with van der Waals surface area (Å²) >= 11 is 2.99. The van der Waals surface area contributed by atoms with E-state index in [1.54, 1.807) is 6.92 Å². The summed E-state index contributed by atoms with van der Waals surface area (Å²) in [6.45, 7) is 1.70. The van der Waals surface area contributed by atoms with E-state index in [9.17, 15) is 13.2 Å². The fourth-order valence-electron chi connectivity index (χ4n) is 1.42. The lowest BCUT2D eigenvalue weighted by atomic mass is 10.3. The molecule has 100 valence electrons. The fraction of sp³-hybridized carbons (Fsp3) is 0.167. The Morgan fingerprint density at radius 2 is 1.89 bits per heavy atom. The number of nitrogens with zero attached hydrogens (tertiary/aromatic N) is 2. The average molecular weight is 333 g/mol. The number of benzene rings is 1. The van der Waals surface area contributed by atoms with Crippen molar-refractivity contribution in [3.8, 4) is 11.6 Å². The van der Waals surface area contributed by atoms with Crippen molar-refractivity contribution in [3.63, 3.8) is 0 Å². The minimum absolute atomic E-state index is 0.140. The van der Waals surface area contributed by atoms with Crippen molar-refractivity contribution in [2.75, 3.05) is 0 Å². The number of hydrogen-bond donors (Lipinski definition) is 0. The van der Waals surface area contributed by atoms with Crippen molar-refractivity contribution in [2.45, 2.75) is 13.3 Å². The predicted molar refractivity (Wildman–Crippen MR) is 65.5 cm³/mol. The van der Waals surface area contributed by atoms with Crippen LogP contribution in [0.2, 0.25) is 0 Å². The molecule has 19 heavy (non-hydrogen) atoms. The van der Waals surface area contributed by atoms with Gasteiger partial charge in [0.25, 0.3) is 5.88 Å². The van der Waals surface area contributed by atoms with Gasteiger partial charge in [-0.15, -0.1) is 0 Å². The Labute approximate surface area is 115 Å². The first-order valence-electron chi connectivity index (χ1n) is 5.34. The summed E-state index contributed by atoms with van der Waals surface area (Å²) in [5, 5.41) is 0. The normalized spacial score (nSPS) is 10.6. The molecule has 0 spiro atoms. The van der Waals surface area contributed by atoms with Gasteiger partial charge in [-0.1, -0.05) is 22.9 Å². The Kier molecular flexibility index (Phi) is 4.04. The second kappa shape index (κ2) is 5.56. The molecule has 0 amide bonds. The van der Waals surface area contributed by atoms with Crippen LogP contribution in [0.1, 0.15) is 12.6 Å². The number of rotatable bonds is 3. The van der Waals surface area contributed by atoms with Gasteiger partial charge in [0.2, 0.25) is 11.6 Å². The van der Waals surface area contributed by atoms with Crippen LogP contribution in [0.25, 0.3) is 0 Å². The summed E-state index contributed by atoms with van der Waals surface area (Å²) in [6, 6.07) is 2.13. The topological polar surface area (TPSA) is 35.0 Å². The van der Waals surface area contributed by atoms with Gasteiger partial charge in [0, 0.05) is 4.47 Å². The number of aromatic nitrogens is 2. The van der Waals surface area contributed by atoms with E-state index in [1.165, 1.54) is 6.07 Å². The Hall–Kier alpha value is -1.63. The SMILES string of the molecule is CCc1ncnc(Oc2cc(Br)cc(F)c2F)c1F. The largest absolute Gasteiger partial charge is 0.433 e. The highest BCUT2D eigenvalue weighted by Gasteiger charge is 2.17. The van der Waals surface area contributed by atoms with Crippen molar-refractivity contribution < 1.29 is 17.9 Å². The molecule has 0 aliphatic carbocycles. The molecule has 0 radical (unpaired) electrons. The van der Waals surface area contributed by atoms with Crippen molar-refractivity contribution in [1.29, 1.82) is 0 Å². The van der Waals surface area contributed by atoms with Gasteiger partial charge in [0.15, 0.2) is 11.6 Å².